The van der Waals surface area contributed by atoms with E-state index in [1.165, 1.54) is 11.3 Å². The van der Waals surface area contributed by atoms with Gasteiger partial charge in [-0.1, -0.05) is 11.3 Å². The van der Waals surface area contributed by atoms with Crippen molar-refractivity contribution in [2.45, 2.75) is 27.7 Å². The molecule has 4 nitrogen and oxygen atoms in total. The highest BCUT2D eigenvalue weighted by atomic mass is 32.1. The van der Waals surface area contributed by atoms with Gasteiger partial charge in [0.05, 0.1) is 26.4 Å². The van der Waals surface area contributed by atoms with Crippen LogP contribution in [0.15, 0.2) is 0 Å². The molecule has 0 fully saturated rings. The first-order valence-electron chi connectivity index (χ1n) is 5.96. The van der Waals surface area contributed by atoms with Crippen LogP contribution in [0.4, 0.5) is 0 Å². The minimum absolute atomic E-state index is 0.572. The Morgan fingerprint density at radius 2 is 1.00 bits per heavy atom. The van der Waals surface area contributed by atoms with E-state index >= 15 is 0 Å². The molecule has 0 amide bonds. The summed E-state index contributed by atoms with van der Waals surface area (Å²) in [6.07, 6.45) is 0. The molecule has 0 radical (unpaired) electrons. The fraction of sp³-hybridized carbons (Fsp3) is 0.667. The Kier molecular flexibility index (Phi) is 5.97. The summed E-state index contributed by atoms with van der Waals surface area (Å²) in [5, 5.41) is 1.45. The van der Waals surface area contributed by atoms with Crippen LogP contribution in [0.3, 0.4) is 0 Å². The first kappa shape index (κ1) is 14.0. The number of rotatable bonds is 8. The molecule has 0 bridgehead atoms. The molecule has 0 saturated carbocycles. The molecule has 5 heteroatoms. The molecule has 0 saturated heterocycles. The maximum absolute atomic E-state index is 5.58. The minimum Gasteiger partial charge on any atom is -0.486 e. The molecule has 0 unspecified atom stereocenters. The highest BCUT2D eigenvalue weighted by molar-refractivity contribution is 7.16. The SMILES string of the molecule is CCOc1sc(OCC)c(OCC)c1OCC. The smallest absolute Gasteiger partial charge is 0.224 e. The molecule has 0 aromatic carbocycles. The second kappa shape index (κ2) is 7.27. The van der Waals surface area contributed by atoms with Crippen molar-refractivity contribution in [2.24, 2.45) is 0 Å². The van der Waals surface area contributed by atoms with Gasteiger partial charge in [0.25, 0.3) is 0 Å². The van der Waals surface area contributed by atoms with Crippen molar-refractivity contribution in [3.8, 4) is 21.6 Å². The summed E-state index contributed by atoms with van der Waals surface area (Å²) in [6, 6.07) is 0. The third-order valence-corrected chi connectivity index (χ3v) is 2.87. The highest BCUT2D eigenvalue weighted by Crippen LogP contribution is 2.53. The van der Waals surface area contributed by atoms with Crippen molar-refractivity contribution in [1.82, 2.24) is 0 Å². The van der Waals surface area contributed by atoms with Crippen molar-refractivity contribution in [2.75, 3.05) is 26.4 Å². The Hall–Kier alpha value is -1.10. The van der Waals surface area contributed by atoms with Crippen LogP contribution < -0.4 is 18.9 Å². The van der Waals surface area contributed by atoms with Gasteiger partial charge in [-0.15, -0.1) is 0 Å². The summed E-state index contributed by atoms with van der Waals surface area (Å²) in [7, 11) is 0. The number of hydrogen-bond acceptors (Lipinski definition) is 5. The normalized spacial score (nSPS) is 10.1. The van der Waals surface area contributed by atoms with Gasteiger partial charge in [-0.25, -0.2) is 0 Å². The van der Waals surface area contributed by atoms with E-state index in [0.717, 1.165) is 10.1 Å². The van der Waals surface area contributed by atoms with Crippen LogP contribution in [-0.2, 0) is 0 Å². The van der Waals surface area contributed by atoms with E-state index < -0.39 is 0 Å². The van der Waals surface area contributed by atoms with Crippen LogP contribution in [0, 0.1) is 0 Å². The molecular formula is C12H20O4S. The molecule has 1 aromatic rings. The van der Waals surface area contributed by atoms with Gasteiger partial charge in [0.1, 0.15) is 0 Å². The van der Waals surface area contributed by atoms with Crippen molar-refractivity contribution >= 4 is 11.3 Å². The molecule has 0 aliphatic rings. The standard InChI is InChI=1S/C12H20O4S/c1-5-13-9-10(14-6-2)12(16-8-4)17-11(9)15-7-3/h5-8H2,1-4H3. The predicted molar refractivity (Wildman–Crippen MR) is 69.0 cm³/mol. The topological polar surface area (TPSA) is 36.9 Å². The predicted octanol–water partition coefficient (Wildman–Crippen LogP) is 3.34. The van der Waals surface area contributed by atoms with Gasteiger partial charge >= 0.3 is 0 Å². The van der Waals surface area contributed by atoms with Crippen molar-refractivity contribution in [1.29, 1.82) is 0 Å². The fourth-order valence-electron chi connectivity index (χ4n) is 1.35. The third-order valence-electron chi connectivity index (χ3n) is 1.89. The fourth-order valence-corrected chi connectivity index (χ4v) is 2.36. The van der Waals surface area contributed by atoms with Gasteiger partial charge in [-0.05, 0) is 27.7 Å². The maximum atomic E-state index is 5.58. The molecule has 17 heavy (non-hydrogen) atoms. The van der Waals surface area contributed by atoms with Gasteiger partial charge in [0.15, 0.2) is 0 Å². The van der Waals surface area contributed by atoms with E-state index in [4.69, 9.17) is 18.9 Å². The van der Waals surface area contributed by atoms with Gasteiger partial charge in [0.2, 0.25) is 21.6 Å². The lowest BCUT2D eigenvalue weighted by atomic mass is 10.5. The zero-order valence-corrected chi connectivity index (χ0v) is 11.7. The largest absolute Gasteiger partial charge is 0.486 e. The molecule has 1 aromatic heterocycles. The van der Waals surface area contributed by atoms with Crippen LogP contribution >= 0.6 is 11.3 Å². The zero-order chi connectivity index (χ0) is 12.7. The molecule has 0 aliphatic carbocycles. The first-order chi connectivity index (χ1) is 8.28. The Bertz CT molecular complexity index is 305. The molecule has 98 valence electrons. The molecule has 0 N–H and O–H groups in total. The van der Waals surface area contributed by atoms with Crippen molar-refractivity contribution in [3.05, 3.63) is 0 Å². The summed E-state index contributed by atoms with van der Waals surface area (Å²) in [5.41, 5.74) is 0. The van der Waals surface area contributed by atoms with Gasteiger partial charge in [-0.3, -0.25) is 0 Å². The average molecular weight is 260 g/mol. The van der Waals surface area contributed by atoms with E-state index in [-0.39, 0.29) is 0 Å². The lowest BCUT2D eigenvalue weighted by Gasteiger charge is -2.09. The third kappa shape index (κ3) is 3.43. The monoisotopic (exact) mass is 260 g/mol. The number of thiophene rings is 1. The summed E-state index contributed by atoms with van der Waals surface area (Å²) >= 11 is 1.42. The van der Waals surface area contributed by atoms with E-state index in [1.807, 2.05) is 27.7 Å². The maximum Gasteiger partial charge on any atom is 0.224 e. The van der Waals surface area contributed by atoms with Crippen LogP contribution in [0.25, 0.3) is 0 Å². The molecule has 0 atom stereocenters. The van der Waals surface area contributed by atoms with Crippen LogP contribution in [0.1, 0.15) is 27.7 Å². The summed E-state index contributed by atoms with van der Waals surface area (Å²) in [4.78, 5) is 0. The Labute approximate surface area is 106 Å². The van der Waals surface area contributed by atoms with Gasteiger partial charge in [-0.2, -0.15) is 0 Å². The summed E-state index contributed by atoms with van der Waals surface area (Å²) < 4.78 is 22.2. The quantitative estimate of drug-likeness (QED) is 0.718. The zero-order valence-electron chi connectivity index (χ0n) is 10.9. The Morgan fingerprint density at radius 1 is 0.647 bits per heavy atom. The molecular weight excluding hydrogens is 240 g/mol. The molecule has 1 heterocycles. The van der Waals surface area contributed by atoms with Crippen LogP contribution in [0.5, 0.6) is 21.6 Å². The van der Waals surface area contributed by atoms with Crippen LogP contribution in [0.2, 0.25) is 0 Å². The Morgan fingerprint density at radius 3 is 1.29 bits per heavy atom. The average Bonchev–Trinajstić information content (AvgIpc) is 2.61. The lowest BCUT2D eigenvalue weighted by Crippen LogP contribution is -1.99. The summed E-state index contributed by atoms with van der Waals surface area (Å²) in [6.45, 7) is 10.1. The minimum atomic E-state index is 0.572. The number of ether oxygens (including phenoxy) is 4. The first-order valence-corrected chi connectivity index (χ1v) is 6.77. The molecule has 0 spiro atoms. The Balaban J connectivity index is 3.07. The molecule has 0 aliphatic heterocycles. The van der Waals surface area contributed by atoms with Gasteiger partial charge in [0, 0.05) is 0 Å². The van der Waals surface area contributed by atoms with Crippen LogP contribution in [-0.4, -0.2) is 26.4 Å². The van der Waals surface area contributed by atoms with E-state index in [9.17, 15) is 0 Å². The highest BCUT2D eigenvalue weighted by Gasteiger charge is 2.23. The van der Waals surface area contributed by atoms with E-state index in [0.29, 0.717) is 37.9 Å². The second-order valence-electron chi connectivity index (χ2n) is 3.07. The van der Waals surface area contributed by atoms with E-state index in [2.05, 4.69) is 0 Å². The van der Waals surface area contributed by atoms with E-state index in [1.54, 1.807) is 0 Å². The second-order valence-corrected chi connectivity index (χ2v) is 4.01. The van der Waals surface area contributed by atoms with Crippen molar-refractivity contribution in [3.63, 3.8) is 0 Å². The van der Waals surface area contributed by atoms with Crippen molar-refractivity contribution < 1.29 is 18.9 Å². The lowest BCUT2D eigenvalue weighted by molar-refractivity contribution is 0.256. The van der Waals surface area contributed by atoms with Gasteiger partial charge < -0.3 is 18.9 Å². The summed E-state index contributed by atoms with van der Waals surface area (Å²) in [5.74, 6) is 1.31. The number of hydrogen-bond donors (Lipinski definition) is 0. The molecule has 1 rings (SSSR count).